The summed E-state index contributed by atoms with van der Waals surface area (Å²) >= 11 is 19.0. The van der Waals surface area contributed by atoms with Crippen LogP contribution in [0.4, 0.5) is 0 Å². The van der Waals surface area contributed by atoms with Gasteiger partial charge in [0.15, 0.2) is 0 Å². The standard InChI is InChI=1S/C14H17Cl3O2/c1-13(2,9-12(18)19)11(15)8-14(16,17)10-6-4-3-5-7-10/h3-7,11H,8-9H2,1-2H3,(H,18,19). The largest absolute Gasteiger partial charge is 0.481 e. The van der Waals surface area contributed by atoms with Crippen molar-refractivity contribution < 1.29 is 9.90 Å². The van der Waals surface area contributed by atoms with Crippen LogP contribution in [0.25, 0.3) is 0 Å². The summed E-state index contributed by atoms with van der Waals surface area (Å²) < 4.78 is -1.12. The van der Waals surface area contributed by atoms with Crippen LogP contribution in [0.15, 0.2) is 30.3 Å². The van der Waals surface area contributed by atoms with E-state index in [0.29, 0.717) is 0 Å². The molecule has 0 saturated carbocycles. The topological polar surface area (TPSA) is 37.3 Å². The van der Waals surface area contributed by atoms with E-state index in [2.05, 4.69) is 0 Å². The molecule has 0 aliphatic heterocycles. The minimum Gasteiger partial charge on any atom is -0.481 e. The molecule has 1 atom stereocenters. The molecule has 0 bridgehead atoms. The Morgan fingerprint density at radius 3 is 2.26 bits per heavy atom. The molecule has 0 aromatic heterocycles. The predicted molar refractivity (Wildman–Crippen MR) is 80.1 cm³/mol. The van der Waals surface area contributed by atoms with Crippen molar-refractivity contribution in [2.75, 3.05) is 0 Å². The monoisotopic (exact) mass is 322 g/mol. The maximum Gasteiger partial charge on any atom is 0.303 e. The van der Waals surface area contributed by atoms with Gasteiger partial charge in [-0.05, 0) is 11.0 Å². The van der Waals surface area contributed by atoms with Gasteiger partial charge in [0.2, 0.25) is 0 Å². The van der Waals surface area contributed by atoms with Crippen LogP contribution >= 0.6 is 34.8 Å². The van der Waals surface area contributed by atoms with Crippen molar-refractivity contribution in [2.45, 2.75) is 36.4 Å². The van der Waals surface area contributed by atoms with Crippen LogP contribution in [0.5, 0.6) is 0 Å². The summed E-state index contributed by atoms with van der Waals surface area (Å²) in [6.07, 6.45) is 0.252. The molecule has 0 aliphatic rings. The molecule has 19 heavy (non-hydrogen) atoms. The predicted octanol–water partition coefficient (Wildman–Crippen LogP) is 4.82. The van der Waals surface area contributed by atoms with E-state index in [1.807, 2.05) is 30.3 Å². The number of carboxylic acids is 1. The van der Waals surface area contributed by atoms with Gasteiger partial charge in [0.1, 0.15) is 4.33 Å². The van der Waals surface area contributed by atoms with E-state index in [0.717, 1.165) is 5.56 Å². The van der Waals surface area contributed by atoms with Crippen LogP contribution in [0.1, 0.15) is 32.3 Å². The number of carbonyl (C=O) groups is 1. The highest BCUT2D eigenvalue weighted by Crippen LogP contribution is 2.44. The molecular formula is C14H17Cl3O2. The Morgan fingerprint density at radius 2 is 1.79 bits per heavy atom. The van der Waals surface area contributed by atoms with E-state index in [9.17, 15) is 4.79 Å². The van der Waals surface area contributed by atoms with Crippen molar-refractivity contribution >= 4 is 40.8 Å². The van der Waals surface area contributed by atoms with Crippen molar-refractivity contribution in [3.8, 4) is 0 Å². The molecule has 1 aromatic carbocycles. The molecule has 2 nitrogen and oxygen atoms in total. The number of hydrogen-bond acceptors (Lipinski definition) is 1. The molecule has 1 aromatic rings. The molecule has 0 radical (unpaired) electrons. The van der Waals surface area contributed by atoms with E-state index < -0.39 is 21.1 Å². The summed E-state index contributed by atoms with van der Waals surface area (Å²) in [5, 5.41) is 8.44. The molecule has 1 unspecified atom stereocenters. The van der Waals surface area contributed by atoms with Crippen LogP contribution in [0.3, 0.4) is 0 Å². The van der Waals surface area contributed by atoms with Gasteiger partial charge >= 0.3 is 5.97 Å². The van der Waals surface area contributed by atoms with Crippen molar-refractivity contribution in [1.82, 2.24) is 0 Å². The minimum absolute atomic E-state index is 0.0280. The van der Waals surface area contributed by atoms with Gasteiger partial charge in [-0.25, -0.2) is 0 Å². The fourth-order valence-corrected chi connectivity index (χ4v) is 2.83. The van der Waals surface area contributed by atoms with Crippen LogP contribution in [0, 0.1) is 5.41 Å². The molecule has 0 saturated heterocycles. The highest BCUT2D eigenvalue weighted by molar-refractivity contribution is 6.48. The summed E-state index contributed by atoms with van der Waals surface area (Å²) in [6.45, 7) is 3.60. The summed E-state index contributed by atoms with van der Waals surface area (Å²) in [6, 6.07) is 9.22. The third kappa shape index (κ3) is 4.87. The second-order valence-corrected chi connectivity index (χ2v) is 7.31. The number of benzene rings is 1. The molecule has 0 amide bonds. The molecule has 0 fully saturated rings. The van der Waals surface area contributed by atoms with Crippen molar-refractivity contribution in [3.63, 3.8) is 0 Å². The first-order valence-corrected chi connectivity index (χ1v) is 7.13. The third-order valence-electron chi connectivity index (χ3n) is 3.09. The van der Waals surface area contributed by atoms with E-state index in [4.69, 9.17) is 39.9 Å². The average molecular weight is 324 g/mol. The Hall–Kier alpha value is -0.440. The molecule has 5 heteroatoms. The van der Waals surface area contributed by atoms with Gasteiger partial charge in [0, 0.05) is 11.8 Å². The normalized spacial score (nSPS) is 14.2. The number of rotatable bonds is 6. The van der Waals surface area contributed by atoms with E-state index in [1.54, 1.807) is 13.8 Å². The summed E-state index contributed by atoms with van der Waals surface area (Å²) in [4.78, 5) is 10.8. The second kappa shape index (κ2) is 6.34. The zero-order valence-electron chi connectivity index (χ0n) is 10.9. The first-order valence-electron chi connectivity index (χ1n) is 5.94. The van der Waals surface area contributed by atoms with Crippen molar-refractivity contribution in [3.05, 3.63) is 35.9 Å². The molecule has 0 heterocycles. The number of hydrogen-bond donors (Lipinski definition) is 1. The molecule has 1 rings (SSSR count). The first-order chi connectivity index (χ1) is 8.65. The first kappa shape index (κ1) is 16.6. The lowest BCUT2D eigenvalue weighted by Crippen LogP contribution is -2.31. The Balaban J connectivity index is 2.81. The molecular weight excluding hydrogens is 307 g/mol. The zero-order chi connectivity index (χ0) is 14.7. The lowest BCUT2D eigenvalue weighted by molar-refractivity contribution is -0.139. The third-order valence-corrected chi connectivity index (χ3v) is 4.58. The minimum atomic E-state index is -1.12. The molecule has 106 valence electrons. The lowest BCUT2D eigenvalue weighted by atomic mass is 9.82. The summed E-state index contributed by atoms with van der Waals surface area (Å²) in [7, 11) is 0. The number of alkyl halides is 3. The lowest BCUT2D eigenvalue weighted by Gasteiger charge is -2.32. The Labute approximate surface area is 128 Å². The fraction of sp³-hybridized carbons (Fsp3) is 0.500. The Kier molecular flexibility index (Phi) is 5.54. The van der Waals surface area contributed by atoms with Gasteiger partial charge in [-0.3, -0.25) is 4.79 Å². The smallest absolute Gasteiger partial charge is 0.303 e. The van der Waals surface area contributed by atoms with E-state index in [1.165, 1.54) is 0 Å². The maximum absolute atomic E-state index is 10.8. The van der Waals surface area contributed by atoms with E-state index >= 15 is 0 Å². The highest BCUT2D eigenvalue weighted by Gasteiger charge is 2.37. The van der Waals surface area contributed by atoms with Crippen LogP contribution in [-0.2, 0) is 9.13 Å². The van der Waals surface area contributed by atoms with Crippen molar-refractivity contribution in [1.29, 1.82) is 0 Å². The Morgan fingerprint density at radius 1 is 1.26 bits per heavy atom. The number of carboxylic acid groups (broad SMARTS) is 1. The summed E-state index contributed by atoms with van der Waals surface area (Å²) in [5.74, 6) is -0.884. The quantitative estimate of drug-likeness (QED) is 0.762. The SMILES string of the molecule is CC(C)(CC(=O)O)C(Cl)CC(Cl)(Cl)c1ccccc1. The van der Waals surface area contributed by atoms with Crippen LogP contribution in [-0.4, -0.2) is 16.5 Å². The zero-order valence-corrected chi connectivity index (χ0v) is 13.1. The van der Waals surface area contributed by atoms with Gasteiger partial charge in [-0.1, -0.05) is 67.4 Å². The highest BCUT2D eigenvalue weighted by atomic mass is 35.5. The van der Waals surface area contributed by atoms with Gasteiger partial charge < -0.3 is 5.11 Å². The van der Waals surface area contributed by atoms with Gasteiger partial charge in [0.05, 0.1) is 6.42 Å². The molecule has 0 spiro atoms. The molecule has 1 N–H and O–H groups in total. The number of aliphatic carboxylic acids is 1. The van der Waals surface area contributed by atoms with Gasteiger partial charge in [-0.2, -0.15) is 0 Å². The average Bonchev–Trinajstić information content (AvgIpc) is 2.28. The van der Waals surface area contributed by atoms with Crippen molar-refractivity contribution in [2.24, 2.45) is 5.41 Å². The maximum atomic E-state index is 10.8. The Bertz CT molecular complexity index is 430. The van der Waals surface area contributed by atoms with Gasteiger partial charge in [0.25, 0.3) is 0 Å². The molecule has 0 aliphatic carbocycles. The summed E-state index contributed by atoms with van der Waals surface area (Å²) in [5.41, 5.74) is 0.173. The van der Waals surface area contributed by atoms with E-state index in [-0.39, 0.29) is 12.8 Å². The van der Waals surface area contributed by atoms with Gasteiger partial charge in [-0.15, -0.1) is 11.6 Å². The van der Waals surface area contributed by atoms with Crippen LogP contribution in [0.2, 0.25) is 0 Å². The van der Waals surface area contributed by atoms with Crippen LogP contribution < -0.4 is 0 Å². The second-order valence-electron chi connectivity index (χ2n) is 5.30. The number of halogens is 3. The fourth-order valence-electron chi connectivity index (χ4n) is 1.80.